The number of furan rings is 1. The fraction of sp³-hybridized carbons (Fsp3) is 0.733. The zero-order chi connectivity index (χ0) is 14.3. The number of hydrogen-bond acceptors (Lipinski definition) is 4. The molecule has 4 nitrogen and oxygen atoms in total. The summed E-state index contributed by atoms with van der Waals surface area (Å²) < 4.78 is 10.8. The van der Waals surface area contributed by atoms with Gasteiger partial charge in [-0.3, -0.25) is 4.90 Å². The molecule has 0 amide bonds. The summed E-state index contributed by atoms with van der Waals surface area (Å²) in [5.41, 5.74) is 1.25. The molecule has 0 bridgehead atoms. The smallest absolute Gasteiger partial charge is 0.122 e. The molecule has 0 atom stereocenters. The quantitative estimate of drug-likeness (QED) is 0.747. The van der Waals surface area contributed by atoms with Crippen molar-refractivity contribution >= 4 is 0 Å². The molecule has 1 rings (SSSR count). The Balaban J connectivity index is 2.60. The van der Waals surface area contributed by atoms with Gasteiger partial charge >= 0.3 is 0 Å². The Hall–Kier alpha value is -0.840. The van der Waals surface area contributed by atoms with Crippen LogP contribution in [0.5, 0.6) is 0 Å². The van der Waals surface area contributed by atoms with Gasteiger partial charge in [0.05, 0.1) is 19.4 Å². The lowest BCUT2D eigenvalue weighted by Gasteiger charge is -2.25. The van der Waals surface area contributed by atoms with E-state index in [1.807, 2.05) is 0 Å². The molecule has 1 aromatic rings. The first kappa shape index (κ1) is 16.2. The molecule has 1 N–H and O–H groups in total. The minimum atomic E-state index is 0.478. The van der Waals surface area contributed by atoms with Crippen LogP contribution < -0.4 is 5.32 Å². The molecule has 1 aromatic heterocycles. The second-order valence-corrected chi connectivity index (χ2v) is 5.46. The third kappa shape index (κ3) is 5.76. The van der Waals surface area contributed by atoms with Gasteiger partial charge in [0, 0.05) is 37.8 Å². The van der Waals surface area contributed by atoms with Gasteiger partial charge in [0.1, 0.15) is 5.76 Å². The fourth-order valence-corrected chi connectivity index (χ4v) is 1.89. The summed E-state index contributed by atoms with van der Waals surface area (Å²) in [7, 11) is 1.74. The number of ether oxygens (including phenoxy) is 1. The van der Waals surface area contributed by atoms with Crippen molar-refractivity contribution in [1.29, 1.82) is 0 Å². The Labute approximate surface area is 117 Å². The van der Waals surface area contributed by atoms with Crippen LogP contribution in [-0.4, -0.2) is 37.2 Å². The SMILES string of the molecule is COCCN(Cc1occc1CNC(C)C)C(C)C. The maximum atomic E-state index is 5.64. The van der Waals surface area contributed by atoms with Crippen molar-refractivity contribution in [2.75, 3.05) is 20.3 Å². The number of rotatable bonds is 9. The van der Waals surface area contributed by atoms with Crippen LogP contribution in [0.25, 0.3) is 0 Å². The second-order valence-electron chi connectivity index (χ2n) is 5.46. The second kappa shape index (κ2) is 8.35. The van der Waals surface area contributed by atoms with E-state index < -0.39 is 0 Å². The molecule has 0 aliphatic carbocycles. The van der Waals surface area contributed by atoms with Crippen LogP contribution in [0.15, 0.2) is 16.7 Å². The van der Waals surface area contributed by atoms with E-state index in [-0.39, 0.29) is 0 Å². The van der Waals surface area contributed by atoms with Crippen LogP contribution in [0.2, 0.25) is 0 Å². The zero-order valence-electron chi connectivity index (χ0n) is 12.9. The summed E-state index contributed by atoms with van der Waals surface area (Å²) in [5, 5.41) is 3.43. The molecule has 0 aliphatic rings. The van der Waals surface area contributed by atoms with Gasteiger partial charge in [0.25, 0.3) is 0 Å². The molecule has 0 fully saturated rings. The molecule has 0 saturated carbocycles. The highest BCUT2D eigenvalue weighted by molar-refractivity contribution is 5.17. The van der Waals surface area contributed by atoms with Gasteiger partial charge in [-0.15, -0.1) is 0 Å². The molecule has 0 aromatic carbocycles. The van der Waals surface area contributed by atoms with Gasteiger partial charge in [-0.05, 0) is 19.9 Å². The number of hydrogen-bond donors (Lipinski definition) is 1. The normalized spacial score (nSPS) is 12.0. The van der Waals surface area contributed by atoms with E-state index in [0.29, 0.717) is 12.1 Å². The van der Waals surface area contributed by atoms with Gasteiger partial charge in [-0.1, -0.05) is 13.8 Å². The average molecular weight is 268 g/mol. The van der Waals surface area contributed by atoms with Crippen LogP contribution in [0, 0.1) is 0 Å². The highest BCUT2D eigenvalue weighted by Gasteiger charge is 2.14. The molecule has 0 spiro atoms. The Kier molecular flexibility index (Phi) is 7.13. The van der Waals surface area contributed by atoms with Gasteiger partial charge in [0.2, 0.25) is 0 Å². The van der Waals surface area contributed by atoms with Crippen LogP contribution in [0.3, 0.4) is 0 Å². The molecule has 0 unspecified atom stereocenters. The third-order valence-electron chi connectivity index (χ3n) is 3.20. The molecular weight excluding hydrogens is 240 g/mol. The third-order valence-corrected chi connectivity index (χ3v) is 3.20. The van der Waals surface area contributed by atoms with Gasteiger partial charge in [0.15, 0.2) is 0 Å². The standard InChI is InChI=1S/C15H28N2O2/c1-12(2)16-10-14-6-8-19-15(14)11-17(13(3)4)7-9-18-5/h6,8,12-13,16H,7,9-11H2,1-5H3. The lowest BCUT2D eigenvalue weighted by molar-refractivity contribution is 0.119. The summed E-state index contributed by atoms with van der Waals surface area (Å²) in [4.78, 5) is 2.36. The minimum Gasteiger partial charge on any atom is -0.468 e. The van der Waals surface area contributed by atoms with Crippen LogP contribution in [-0.2, 0) is 17.8 Å². The first-order chi connectivity index (χ1) is 9.04. The Morgan fingerprint density at radius 2 is 2.05 bits per heavy atom. The van der Waals surface area contributed by atoms with E-state index in [1.54, 1.807) is 13.4 Å². The van der Waals surface area contributed by atoms with E-state index in [2.05, 4.69) is 44.0 Å². The van der Waals surface area contributed by atoms with Crippen molar-refractivity contribution in [2.45, 2.75) is 52.9 Å². The van der Waals surface area contributed by atoms with Crippen molar-refractivity contribution < 1.29 is 9.15 Å². The van der Waals surface area contributed by atoms with Gasteiger partial charge in [-0.25, -0.2) is 0 Å². The van der Waals surface area contributed by atoms with Crippen molar-refractivity contribution in [3.05, 3.63) is 23.7 Å². The lowest BCUT2D eigenvalue weighted by atomic mass is 10.2. The predicted molar refractivity (Wildman–Crippen MR) is 78.1 cm³/mol. The van der Waals surface area contributed by atoms with E-state index in [1.165, 1.54) is 5.56 Å². The Morgan fingerprint density at radius 1 is 1.32 bits per heavy atom. The Bertz CT molecular complexity index is 348. The highest BCUT2D eigenvalue weighted by Crippen LogP contribution is 2.15. The van der Waals surface area contributed by atoms with Crippen molar-refractivity contribution in [2.24, 2.45) is 0 Å². The summed E-state index contributed by atoms with van der Waals surface area (Å²) in [5.74, 6) is 1.05. The predicted octanol–water partition coefficient (Wildman–Crippen LogP) is 2.63. The van der Waals surface area contributed by atoms with E-state index in [4.69, 9.17) is 9.15 Å². The summed E-state index contributed by atoms with van der Waals surface area (Å²) in [6, 6.07) is 3.02. The number of methoxy groups -OCH3 is 1. The van der Waals surface area contributed by atoms with E-state index in [9.17, 15) is 0 Å². The van der Waals surface area contributed by atoms with Crippen molar-refractivity contribution in [3.8, 4) is 0 Å². The molecule has 19 heavy (non-hydrogen) atoms. The lowest BCUT2D eigenvalue weighted by Crippen LogP contribution is -2.33. The molecule has 110 valence electrons. The zero-order valence-corrected chi connectivity index (χ0v) is 12.9. The largest absolute Gasteiger partial charge is 0.468 e. The van der Waals surface area contributed by atoms with Crippen molar-refractivity contribution in [3.63, 3.8) is 0 Å². The van der Waals surface area contributed by atoms with Crippen LogP contribution >= 0.6 is 0 Å². The molecule has 1 heterocycles. The van der Waals surface area contributed by atoms with Gasteiger partial charge < -0.3 is 14.5 Å². The summed E-state index contributed by atoms with van der Waals surface area (Å²) in [6.45, 7) is 12.1. The molecule has 0 radical (unpaired) electrons. The molecule has 0 aliphatic heterocycles. The maximum Gasteiger partial charge on any atom is 0.122 e. The summed E-state index contributed by atoms with van der Waals surface area (Å²) in [6.07, 6.45) is 1.78. The van der Waals surface area contributed by atoms with E-state index >= 15 is 0 Å². The summed E-state index contributed by atoms with van der Waals surface area (Å²) >= 11 is 0. The molecular formula is C15H28N2O2. The number of nitrogens with zero attached hydrogens (tertiary/aromatic N) is 1. The fourth-order valence-electron chi connectivity index (χ4n) is 1.89. The molecule has 4 heteroatoms. The Morgan fingerprint density at radius 3 is 2.63 bits per heavy atom. The average Bonchev–Trinajstić information content (AvgIpc) is 2.78. The van der Waals surface area contributed by atoms with Crippen LogP contribution in [0.4, 0.5) is 0 Å². The van der Waals surface area contributed by atoms with Gasteiger partial charge in [-0.2, -0.15) is 0 Å². The first-order valence-corrected chi connectivity index (χ1v) is 7.06. The topological polar surface area (TPSA) is 37.6 Å². The number of nitrogens with one attached hydrogen (secondary N) is 1. The molecule has 0 saturated heterocycles. The van der Waals surface area contributed by atoms with Crippen molar-refractivity contribution in [1.82, 2.24) is 10.2 Å². The van der Waals surface area contributed by atoms with E-state index in [0.717, 1.165) is 32.0 Å². The minimum absolute atomic E-state index is 0.478. The monoisotopic (exact) mass is 268 g/mol. The highest BCUT2D eigenvalue weighted by atomic mass is 16.5. The van der Waals surface area contributed by atoms with Crippen LogP contribution in [0.1, 0.15) is 39.0 Å². The first-order valence-electron chi connectivity index (χ1n) is 7.06. The maximum absolute atomic E-state index is 5.64.